The maximum absolute atomic E-state index is 10.2. The average Bonchev–Trinajstić information content (AvgIpc) is 3.02. The van der Waals surface area contributed by atoms with E-state index in [0.717, 1.165) is 0 Å². The zero-order chi connectivity index (χ0) is 14.8. The molecule has 0 aromatic carbocycles. The second kappa shape index (κ2) is 4.82. The molecule has 0 aromatic rings. The summed E-state index contributed by atoms with van der Waals surface area (Å²) in [5.41, 5.74) is 2.01. The zero-order valence-corrected chi connectivity index (χ0v) is 15.0. The largest absolute Gasteiger partial charge is 0.413 e. The van der Waals surface area contributed by atoms with Crippen molar-refractivity contribution in [2.45, 2.75) is 83.2 Å². The minimum Gasteiger partial charge on any atom is -0.413 e. The minimum absolute atomic E-state index is 0.00179. The first-order valence-corrected chi connectivity index (χ1v) is 10.8. The van der Waals surface area contributed by atoms with Gasteiger partial charge in [0.1, 0.15) is 0 Å². The van der Waals surface area contributed by atoms with Crippen LogP contribution in [0.4, 0.5) is 0 Å². The Morgan fingerprint density at radius 3 is 1.50 bits per heavy atom. The van der Waals surface area contributed by atoms with E-state index in [2.05, 4.69) is 41.5 Å². The Balaban J connectivity index is 1.83. The maximum atomic E-state index is 10.2. The Bertz CT molecular complexity index is 339. The van der Waals surface area contributed by atoms with E-state index in [1.54, 1.807) is 0 Å². The van der Waals surface area contributed by atoms with Crippen molar-refractivity contribution in [1.29, 1.82) is 0 Å². The molecule has 0 saturated heterocycles. The molecule has 4 aliphatic carbocycles. The van der Waals surface area contributed by atoms with Crippen LogP contribution in [0.2, 0.25) is 16.6 Å². The fourth-order valence-corrected chi connectivity index (χ4v) is 12.0. The molecule has 4 saturated carbocycles. The molecule has 1 N–H and O–H groups in total. The van der Waals surface area contributed by atoms with E-state index in [1.807, 2.05) is 0 Å². The summed E-state index contributed by atoms with van der Waals surface area (Å²) in [5, 5.41) is 10.2. The van der Waals surface area contributed by atoms with Gasteiger partial charge in [0.05, 0.1) is 12.2 Å². The molecule has 0 amide bonds. The summed E-state index contributed by atoms with van der Waals surface area (Å²) < 4.78 is 7.05. The monoisotopic (exact) mass is 296 g/mol. The summed E-state index contributed by atoms with van der Waals surface area (Å²) >= 11 is 0. The Morgan fingerprint density at radius 1 is 0.800 bits per heavy atom. The normalized spacial score (nSPS) is 42.9. The molecule has 20 heavy (non-hydrogen) atoms. The van der Waals surface area contributed by atoms with Crippen LogP contribution in [0, 0.1) is 23.7 Å². The van der Waals surface area contributed by atoms with Crippen LogP contribution in [-0.2, 0) is 4.43 Å². The maximum Gasteiger partial charge on any atom is 0.200 e. The molecule has 2 nitrogen and oxygen atoms in total. The Kier molecular flexibility index (Phi) is 3.63. The summed E-state index contributed by atoms with van der Waals surface area (Å²) in [4.78, 5) is 0. The molecule has 4 atom stereocenters. The van der Waals surface area contributed by atoms with Crippen LogP contribution in [0.15, 0.2) is 0 Å². The number of aliphatic hydroxyl groups excluding tert-OH is 1. The molecular weight excluding hydrogens is 264 g/mol. The summed E-state index contributed by atoms with van der Waals surface area (Å²) in [5.74, 6) is 2.47. The third kappa shape index (κ3) is 1.75. The van der Waals surface area contributed by atoms with Crippen LogP contribution in [0.25, 0.3) is 0 Å². The van der Waals surface area contributed by atoms with Gasteiger partial charge >= 0.3 is 0 Å². The van der Waals surface area contributed by atoms with E-state index in [4.69, 9.17) is 4.43 Å². The van der Waals surface area contributed by atoms with Gasteiger partial charge in [-0.3, -0.25) is 0 Å². The van der Waals surface area contributed by atoms with E-state index in [0.29, 0.717) is 46.4 Å². The second-order valence-corrected chi connectivity index (χ2v) is 13.9. The molecule has 4 rings (SSSR count). The lowest BCUT2D eigenvalue weighted by molar-refractivity contribution is 0.0388. The van der Waals surface area contributed by atoms with Gasteiger partial charge in [-0.05, 0) is 53.1 Å². The molecule has 116 valence electrons. The van der Waals surface area contributed by atoms with E-state index in [-0.39, 0.29) is 6.10 Å². The SMILES string of the molecule is CC(C)[Si](OC1[C@H]2C[C@@H]3C(O)[C@H]2C[C@H]13)(C(C)C)C(C)C. The summed E-state index contributed by atoms with van der Waals surface area (Å²) in [7, 11) is -1.75. The Morgan fingerprint density at radius 2 is 1.20 bits per heavy atom. The first kappa shape index (κ1) is 15.0. The van der Waals surface area contributed by atoms with Crippen molar-refractivity contribution in [3.8, 4) is 0 Å². The van der Waals surface area contributed by atoms with Crippen LogP contribution in [0.3, 0.4) is 0 Å². The van der Waals surface area contributed by atoms with Crippen LogP contribution >= 0.6 is 0 Å². The fourth-order valence-electron chi connectivity index (χ4n) is 6.32. The lowest BCUT2D eigenvalue weighted by Gasteiger charge is -2.45. The van der Waals surface area contributed by atoms with Crippen molar-refractivity contribution in [2.75, 3.05) is 0 Å². The van der Waals surface area contributed by atoms with Crippen molar-refractivity contribution in [2.24, 2.45) is 23.7 Å². The van der Waals surface area contributed by atoms with E-state index < -0.39 is 8.32 Å². The molecular formula is C17H32O2Si. The van der Waals surface area contributed by atoms with E-state index in [9.17, 15) is 5.11 Å². The zero-order valence-electron chi connectivity index (χ0n) is 14.0. The highest BCUT2D eigenvalue weighted by molar-refractivity contribution is 6.77. The van der Waals surface area contributed by atoms with Gasteiger partial charge in [0.15, 0.2) is 0 Å². The third-order valence-corrected chi connectivity index (χ3v) is 13.1. The second-order valence-electron chi connectivity index (χ2n) is 8.52. The van der Waals surface area contributed by atoms with Gasteiger partial charge in [0.25, 0.3) is 0 Å². The highest BCUT2D eigenvalue weighted by Gasteiger charge is 2.66. The first-order chi connectivity index (χ1) is 9.30. The predicted molar refractivity (Wildman–Crippen MR) is 85.1 cm³/mol. The molecule has 0 unspecified atom stereocenters. The Labute approximate surface area is 125 Å². The van der Waals surface area contributed by atoms with E-state index in [1.165, 1.54) is 12.8 Å². The Hall–Kier alpha value is 0.137. The standard InChI is InChI=1S/C17H32O2Si/c1-9(2)20(10(3)4,11(5)6)19-17-14-7-12-15(17)8-13(14)16(12)18/h9-18H,7-8H2,1-6H3/t12-,13-,14-,15-,16?,17?/m0/s1. The smallest absolute Gasteiger partial charge is 0.200 e. The highest BCUT2D eigenvalue weighted by Crippen LogP contribution is 2.65. The molecule has 4 bridgehead atoms. The minimum atomic E-state index is -1.75. The molecule has 4 fully saturated rings. The third-order valence-electron chi connectivity index (χ3n) is 6.96. The van der Waals surface area contributed by atoms with Crippen molar-refractivity contribution >= 4 is 8.32 Å². The lowest BCUT2D eigenvalue weighted by Crippen LogP contribution is -2.52. The van der Waals surface area contributed by atoms with Crippen LogP contribution in [0.1, 0.15) is 54.4 Å². The number of rotatable bonds is 5. The highest BCUT2D eigenvalue weighted by atomic mass is 28.4. The van der Waals surface area contributed by atoms with Gasteiger partial charge in [-0.1, -0.05) is 41.5 Å². The number of hydrogen-bond acceptors (Lipinski definition) is 2. The molecule has 0 aromatic heterocycles. The van der Waals surface area contributed by atoms with Crippen molar-refractivity contribution < 1.29 is 9.53 Å². The quantitative estimate of drug-likeness (QED) is 0.771. The van der Waals surface area contributed by atoms with Gasteiger partial charge in [0.2, 0.25) is 8.32 Å². The van der Waals surface area contributed by atoms with Gasteiger partial charge in [-0.2, -0.15) is 0 Å². The van der Waals surface area contributed by atoms with Crippen LogP contribution in [0.5, 0.6) is 0 Å². The van der Waals surface area contributed by atoms with Gasteiger partial charge in [0, 0.05) is 0 Å². The van der Waals surface area contributed by atoms with Crippen molar-refractivity contribution in [3.05, 3.63) is 0 Å². The van der Waals surface area contributed by atoms with Gasteiger partial charge in [-0.15, -0.1) is 0 Å². The fraction of sp³-hybridized carbons (Fsp3) is 1.00. The van der Waals surface area contributed by atoms with Crippen LogP contribution < -0.4 is 0 Å². The van der Waals surface area contributed by atoms with Gasteiger partial charge < -0.3 is 9.53 Å². The predicted octanol–water partition coefficient (Wildman–Crippen LogP) is 4.19. The topological polar surface area (TPSA) is 29.5 Å². The van der Waals surface area contributed by atoms with E-state index >= 15 is 0 Å². The molecule has 0 aliphatic heterocycles. The molecule has 0 heterocycles. The summed E-state index contributed by atoms with van der Waals surface area (Å²) in [6, 6.07) is 0. The van der Waals surface area contributed by atoms with Crippen molar-refractivity contribution in [1.82, 2.24) is 0 Å². The number of aliphatic hydroxyl groups is 1. The van der Waals surface area contributed by atoms with Gasteiger partial charge in [-0.25, -0.2) is 0 Å². The van der Waals surface area contributed by atoms with Crippen molar-refractivity contribution in [3.63, 3.8) is 0 Å². The molecule has 4 aliphatic rings. The summed E-state index contributed by atoms with van der Waals surface area (Å²) in [6.45, 7) is 14.2. The summed E-state index contributed by atoms with van der Waals surface area (Å²) in [6.07, 6.45) is 2.95. The average molecular weight is 297 g/mol. The number of hydrogen-bond donors (Lipinski definition) is 1. The molecule has 0 spiro atoms. The van der Waals surface area contributed by atoms with Crippen LogP contribution in [-0.4, -0.2) is 25.6 Å². The molecule has 3 heteroatoms. The lowest BCUT2D eigenvalue weighted by atomic mass is 9.95. The first-order valence-electron chi connectivity index (χ1n) is 8.66. The molecule has 0 radical (unpaired) electrons.